The SMILES string of the molecule is O=S(=O)(NC1CCN(C2CC2)CC1)c1ccc(OC(F)F)c(Cl)c1. The van der Waals surface area contributed by atoms with Gasteiger partial charge in [-0.05, 0) is 57.0 Å². The molecule has 0 aromatic heterocycles. The summed E-state index contributed by atoms with van der Waals surface area (Å²) in [7, 11) is -3.75. The Bertz CT molecular complexity index is 690. The quantitative estimate of drug-likeness (QED) is 0.824. The van der Waals surface area contributed by atoms with Gasteiger partial charge in [0.25, 0.3) is 0 Å². The normalized spacial score (nSPS) is 20.5. The van der Waals surface area contributed by atoms with Gasteiger partial charge in [-0.2, -0.15) is 8.78 Å². The Kier molecular flexibility index (Phi) is 5.29. The molecular weight excluding hydrogens is 362 g/mol. The Balaban J connectivity index is 1.63. The number of alkyl halides is 2. The fourth-order valence-corrected chi connectivity index (χ4v) is 4.57. The number of halogens is 3. The monoisotopic (exact) mass is 380 g/mol. The second kappa shape index (κ2) is 7.11. The summed E-state index contributed by atoms with van der Waals surface area (Å²) in [5.74, 6) is -0.247. The maximum Gasteiger partial charge on any atom is 0.387 e. The molecule has 0 amide bonds. The van der Waals surface area contributed by atoms with Crippen molar-refractivity contribution in [3.05, 3.63) is 23.2 Å². The van der Waals surface area contributed by atoms with Crippen LogP contribution in [0.5, 0.6) is 5.75 Å². The second-order valence-corrected chi connectivity index (χ2v) is 8.25. The Morgan fingerprint density at radius 1 is 1.21 bits per heavy atom. The molecular formula is C15H19ClF2N2O3S. The smallest absolute Gasteiger partial charge is 0.387 e. The molecule has 1 saturated carbocycles. The zero-order valence-corrected chi connectivity index (χ0v) is 14.5. The number of ether oxygens (including phenoxy) is 1. The van der Waals surface area contributed by atoms with E-state index < -0.39 is 16.6 Å². The molecule has 0 unspecified atom stereocenters. The van der Waals surface area contributed by atoms with Crippen molar-refractivity contribution in [2.75, 3.05) is 13.1 Å². The van der Waals surface area contributed by atoms with Crippen LogP contribution in [0.4, 0.5) is 8.78 Å². The minimum absolute atomic E-state index is 0.0567. The van der Waals surface area contributed by atoms with Crippen molar-refractivity contribution in [2.24, 2.45) is 0 Å². The van der Waals surface area contributed by atoms with E-state index in [0.717, 1.165) is 38.1 Å². The molecule has 2 fully saturated rings. The number of piperidine rings is 1. The van der Waals surface area contributed by atoms with Gasteiger partial charge in [0.15, 0.2) is 0 Å². The highest BCUT2D eigenvalue weighted by atomic mass is 35.5. The van der Waals surface area contributed by atoms with E-state index in [1.54, 1.807) is 0 Å². The van der Waals surface area contributed by atoms with Crippen molar-refractivity contribution < 1.29 is 21.9 Å². The van der Waals surface area contributed by atoms with Gasteiger partial charge in [0.1, 0.15) is 5.75 Å². The lowest BCUT2D eigenvalue weighted by Gasteiger charge is -2.32. The van der Waals surface area contributed by atoms with E-state index in [-0.39, 0.29) is 21.7 Å². The van der Waals surface area contributed by atoms with Crippen molar-refractivity contribution >= 4 is 21.6 Å². The summed E-state index contributed by atoms with van der Waals surface area (Å²) in [6, 6.07) is 4.04. The molecule has 24 heavy (non-hydrogen) atoms. The lowest BCUT2D eigenvalue weighted by Crippen LogP contribution is -2.45. The first-order valence-corrected chi connectivity index (χ1v) is 9.72. The first-order valence-electron chi connectivity index (χ1n) is 7.86. The summed E-state index contributed by atoms with van der Waals surface area (Å²) < 4.78 is 56.2. The van der Waals surface area contributed by atoms with Gasteiger partial charge >= 0.3 is 6.61 Å². The molecule has 9 heteroatoms. The molecule has 0 bridgehead atoms. The lowest BCUT2D eigenvalue weighted by atomic mass is 10.1. The molecule has 1 aromatic rings. The number of hydrogen-bond acceptors (Lipinski definition) is 4. The van der Waals surface area contributed by atoms with Gasteiger partial charge in [0.05, 0.1) is 9.92 Å². The summed E-state index contributed by atoms with van der Waals surface area (Å²) in [6.07, 6.45) is 4.00. The molecule has 0 spiro atoms. The van der Waals surface area contributed by atoms with Gasteiger partial charge in [-0.3, -0.25) is 0 Å². The van der Waals surface area contributed by atoms with E-state index >= 15 is 0 Å². The highest BCUT2D eigenvalue weighted by molar-refractivity contribution is 7.89. The molecule has 1 aromatic carbocycles. The van der Waals surface area contributed by atoms with E-state index in [2.05, 4.69) is 14.4 Å². The summed E-state index contributed by atoms with van der Waals surface area (Å²) in [5.41, 5.74) is 0. The molecule has 1 heterocycles. The second-order valence-electron chi connectivity index (χ2n) is 6.13. The third kappa shape index (κ3) is 4.36. The Morgan fingerprint density at radius 3 is 2.42 bits per heavy atom. The first-order chi connectivity index (χ1) is 11.3. The summed E-state index contributed by atoms with van der Waals surface area (Å²) in [4.78, 5) is 2.34. The van der Waals surface area contributed by atoms with Gasteiger partial charge in [-0.1, -0.05) is 11.6 Å². The van der Waals surface area contributed by atoms with Crippen molar-refractivity contribution in [3.63, 3.8) is 0 Å². The fourth-order valence-electron chi connectivity index (χ4n) is 2.95. The molecule has 5 nitrogen and oxygen atoms in total. The van der Waals surface area contributed by atoms with Gasteiger partial charge in [0.2, 0.25) is 10.0 Å². The third-order valence-electron chi connectivity index (χ3n) is 4.34. The predicted molar refractivity (Wildman–Crippen MR) is 86.0 cm³/mol. The Labute approximate surface area is 145 Å². The molecule has 3 rings (SSSR count). The van der Waals surface area contributed by atoms with Crippen LogP contribution in [0.15, 0.2) is 23.1 Å². The van der Waals surface area contributed by atoms with Crippen LogP contribution in [0.3, 0.4) is 0 Å². The standard InChI is InChI=1S/C15H19ClF2N2O3S/c16-13-9-12(3-4-14(13)23-15(17)18)24(21,22)19-10-5-7-20(8-6-10)11-1-2-11/h3-4,9-11,15,19H,1-2,5-8H2. The highest BCUT2D eigenvalue weighted by Gasteiger charge is 2.33. The van der Waals surface area contributed by atoms with Gasteiger partial charge < -0.3 is 9.64 Å². The van der Waals surface area contributed by atoms with Crippen molar-refractivity contribution in [1.82, 2.24) is 9.62 Å². The number of rotatable bonds is 6. The van der Waals surface area contributed by atoms with Crippen LogP contribution in [-0.2, 0) is 10.0 Å². The minimum Gasteiger partial charge on any atom is -0.433 e. The van der Waals surface area contributed by atoms with Crippen LogP contribution in [0, 0.1) is 0 Å². The number of benzene rings is 1. The maximum absolute atomic E-state index is 12.4. The molecule has 2 aliphatic rings. The van der Waals surface area contributed by atoms with Crippen LogP contribution in [0.25, 0.3) is 0 Å². The summed E-state index contributed by atoms with van der Waals surface area (Å²) in [5, 5.41) is -0.165. The maximum atomic E-state index is 12.4. The van der Waals surface area contributed by atoms with Crippen molar-refractivity contribution in [3.8, 4) is 5.75 Å². The van der Waals surface area contributed by atoms with Crippen LogP contribution >= 0.6 is 11.6 Å². The Hall–Kier alpha value is -0.960. The first kappa shape index (κ1) is 17.8. The summed E-state index contributed by atoms with van der Waals surface area (Å²) >= 11 is 5.83. The van der Waals surface area contributed by atoms with Crippen LogP contribution in [0.2, 0.25) is 5.02 Å². The molecule has 1 aliphatic heterocycles. The van der Waals surface area contributed by atoms with Gasteiger partial charge in [-0.15, -0.1) is 0 Å². The van der Waals surface area contributed by atoms with Crippen molar-refractivity contribution in [1.29, 1.82) is 0 Å². The topological polar surface area (TPSA) is 58.6 Å². The number of hydrogen-bond donors (Lipinski definition) is 1. The number of nitrogens with zero attached hydrogens (tertiary/aromatic N) is 1. The van der Waals surface area contributed by atoms with Gasteiger partial charge in [0, 0.05) is 12.1 Å². The zero-order chi connectivity index (χ0) is 17.3. The molecule has 1 aliphatic carbocycles. The molecule has 1 saturated heterocycles. The minimum atomic E-state index is -3.75. The number of nitrogens with one attached hydrogen (secondary N) is 1. The zero-order valence-electron chi connectivity index (χ0n) is 12.9. The van der Waals surface area contributed by atoms with Crippen molar-refractivity contribution in [2.45, 2.75) is 49.3 Å². The van der Waals surface area contributed by atoms with Crippen LogP contribution in [0.1, 0.15) is 25.7 Å². The van der Waals surface area contributed by atoms with Gasteiger partial charge in [-0.25, -0.2) is 13.1 Å². The average Bonchev–Trinajstić information content (AvgIpc) is 3.34. The van der Waals surface area contributed by atoms with E-state index in [1.165, 1.54) is 18.9 Å². The average molecular weight is 381 g/mol. The van der Waals surface area contributed by atoms with E-state index in [4.69, 9.17) is 11.6 Å². The summed E-state index contributed by atoms with van der Waals surface area (Å²) in [6.45, 7) is -1.24. The molecule has 0 radical (unpaired) electrons. The molecule has 134 valence electrons. The lowest BCUT2D eigenvalue weighted by molar-refractivity contribution is -0.0498. The number of sulfonamides is 1. The highest BCUT2D eigenvalue weighted by Crippen LogP contribution is 2.31. The van der Waals surface area contributed by atoms with Crippen LogP contribution in [-0.4, -0.2) is 45.1 Å². The van der Waals surface area contributed by atoms with E-state index in [1.807, 2.05) is 0 Å². The largest absolute Gasteiger partial charge is 0.433 e. The molecule has 0 atom stereocenters. The molecule has 1 N–H and O–H groups in total. The van der Waals surface area contributed by atoms with Crippen LogP contribution < -0.4 is 9.46 Å². The third-order valence-corrected chi connectivity index (χ3v) is 6.16. The van der Waals surface area contributed by atoms with E-state index in [0.29, 0.717) is 6.04 Å². The Morgan fingerprint density at radius 2 is 1.88 bits per heavy atom. The number of likely N-dealkylation sites (tertiary alicyclic amines) is 1. The predicted octanol–water partition coefficient (Wildman–Crippen LogP) is 2.85. The fraction of sp³-hybridized carbons (Fsp3) is 0.600. The van der Waals surface area contributed by atoms with E-state index in [9.17, 15) is 17.2 Å².